The van der Waals surface area contributed by atoms with Gasteiger partial charge in [0.2, 0.25) is 0 Å². The number of aliphatic hydroxyl groups excluding tert-OH is 2. The number of carbonyl (C=O) groups excluding carboxylic acids is 2. The summed E-state index contributed by atoms with van der Waals surface area (Å²) in [6.45, 7) is 6.68. The molecule has 0 saturated heterocycles. The van der Waals surface area contributed by atoms with Crippen molar-refractivity contribution in [2.24, 2.45) is 39.9 Å². The van der Waals surface area contributed by atoms with Gasteiger partial charge >= 0.3 is 0 Å². The van der Waals surface area contributed by atoms with Crippen LogP contribution in [0.15, 0.2) is 28.7 Å². The fraction of sp³-hybridized carbons (Fsp3) is 0.692. The number of anilines is 1. The molecule has 0 heterocycles. The van der Waals surface area contributed by atoms with E-state index in [2.05, 4.69) is 28.2 Å². The summed E-state index contributed by atoms with van der Waals surface area (Å²) in [7, 11) is 0. The molecule has 4 aliphatic carbocycles. The third-order valence-electron chi connectivity index (χ3n) is 10.0. The average molecular weight is 504 g/mol. The molecule has 5 rings (SSSR count). The van der Waals surface area contributed by atoms with Gasteiger partial charge in [0, 0.05) is 34.5 Å². The molecule has 174 valence electrons. The molecule has 0 radical (unpaired) electrons. The number of nitrogens with one attached hydrogen (secondary N) is 1. The van der Waals surface area contributed by atoms with Crippen molar-refractivity contribution in [2.75, 3.05) is 11.9 Å². The predicted octanol–water partition coefficient (Wildman–Crippen LogP) is 4.21. The first kappa shape index (κ1) is 22.5. The van der Waals surface area contributed by atoms with E-state index in [-0.39, 0.29) is 40.7 Å². The number of halogens is 1. The third kappa shape index (κ3) is 2.75. The Hall–Kier alpha value is -1.24. The van der Waals surface area contributed by atoms with Crippen LogP contribution in [0.1, 0.15) is 52.9 Å². The SMILES string of the molecule is CC1(C)C(=O)CC[C@]2(C)[C@@H]1C[C@@H](O)[C@]13C(=O)C(CNc4ccccc4Br)[C@H](CC[C@@H]21)[C@H]3O. The smallest absolute Gasteiger partial charge is 0.149 e. The van der Waals surface area contributed by atoms with E-state index in [0.717, 1.165) is 29.4 Å². The Bertz CT molecular complexity index is 963. The molecule has 32 heavy (non-hydrogen) atoms. The number of hydrogen-bond donors (Lipinski definition) is 3. The van der Waals surface area contributed by atoms with Gasteiger partial charge in [0.15, 0.2) is 0 Å². The lowest BCUT2D eigenvalue weighted by molar-refractivity contribution is -0.222. The second-order valence-electron chi connectivity index (χ2n) is 11.5. The van der Waals surface area contributed by atoms with Gasteiger partial charge in [-0.3, -0.25) is 9.59 Å². The van der Waals surface area contributed by atoms with Gasteiger partial charge in [0.05, 0.1) is 17.6 Å². The number of rotatable bonds is 3. The van der Waals surface area contributed by atoms with Gasteiger partial charge in [-0.15, -0.1) is 0 Å². The molecule has 6 heteroatoms. The molecule has 4 aliphatic rings. The van der Waals surface area contributed by atoms with Crippen LogP contribution in [0, 0.1) is 39.9 Å². The van der Waals surface area contributed by atoms with E-state index in [1.165, 1.54) is 0 Å². The highest BCUT2D eigenvalue weighted by Crippen LogP contribution is 2.70. The van der Waals surface area contributed by atoms with Crippen LogP contribution in [0.4, 0.5) is 5.69 Å². The topological polar surface area (TPSA) is 86.6 Å². The van der Waals surface area contributed by atoms with Crippen molar-refractivity contribution in [1.82, 2.24) is 0 Å². The first-order valence-corrected chi connectivity index (χ1v) is 12.8. The van der Waals surface area contributed by atoms with E-state index in [4.69, 9.17) is 0 Å². The fourth-order valence-electron chi connectivity index (χ4n) is 8.41. The van der Waals surface area contributed by atoms with Gasteiger partial charge in [-0.1, -0.05) is 32.9 Å². The van der Waals surface area contributed by atoms with Gasteiger partial charge in [0.1, 0.15) is 11.6 Å². The lowest BCUT2D eigenvalue weighted by Gasteiger charge is -2.64. The van der Waals surface area contributed by atoms with E-state index in [1.807, 2.05) is 38.1 Å². The van der Waals surface area contributed by atoms with Crippen molar-refractivity contribution in [1.29, 1.82) is 0 Å². The summed E-state index contributed by atoms with van der Waals surface area (Å²) in [5, 5.41) is 26.5. The van der Waals surface area contributed by atoms with Gasteiger partial charge in [-0.05, 0) is 76.9 Å². The Kier molecular flexibility index (Phi) is 5.20. The number of para-hydroxylation sites is 1. The monoisotopic (exact) mass is 503 g/mol. The minimum atomic E-state index is -1.11. The molecule has 4 saturated carbocycles. The lowest BCUT2D eigenvalue weighted by atomic mass is 9.39. The van der Waals surface area contributed by atoms with Crippen LogP contribution < -0.4 is 5.32 Å². The van der Waals surface area contributed by atoms with Crippen LogP contribution in [0.25, 0.3) is 0 Å². The van der Waals surface area contributed by atoms with Crippen molar-refractivity contribution < 1.29 is 19.8 Å². The molecule has 0 amide bonds. The second-order valence-corrected chi connectivity index (χ2v) is 12.3. The average Bonchev–Trinajstić information content (AvgIpc) is 2.86. The largest absolute Gasteiger partial charge is 0.392 e. The molecule has 1 aromatic rings. The maximum atomic E-state index is 14.1. The van der Waals surface area contributed by atoms with E-state index in [1.54, 1.807) is 0 Å². The summed E-state index contributed by atoms with van der Waals surface area (Å²) >= 11 is 3.55. The number of carbonyl (C=O) groups is 2. The lowest BCUT2D eigenvalue weighted by Crippen LogP contribution is -2.68. The molecular weight excluding hydrogens is 470 g/mol. The number of ketones is 2. The minimum Gasteiger partial charge on any atom is -0.392 e. The Morgan fingerprint density at radius 2 is 1.81 bits per heavy atom. The number of benzene rings is 1. The highest BCUT2D eigenvalue weighted by Gasteiger charge is 2.75. The van der Waals surface area contributed by atoms with Crippen LogP contribution in [0.2, 0.25) is 0 Å². The second kappa shape index (κ2) is 7.38. The Morgan fingerprint density at radius 3 is 2.53 bits per heavy atom. The molecule has 0 aliphatic heterocycles. The Balaban J connectivity index is 1.50. The zero-order valence-electron chi connectivity index (χ0n) is 19.1. The zero-order chi connectivity index (χ0) is 23.1. The van der Waals surface area contributed by atoms with E-state index < -0.39 is 23.0 Å². The summed E-state index contributed by atoms with van der Waals surface area (Å²) in [6.07, 6.45) is 1.54. The van der Waals surface area contributed by atoms with Gasteiger partial charge in [0.25, 0.3) is 0 Å². The normalized spacial score (nSPS) is 44.7. The zero-order valence-corrected chi connectivity index (χ0v) is 20.7. The summed E-state index contributed by atoms with van der Waals surface area (Å²) in [5.41, 5.74) is -0.929. The highest BCUT2D eigenvalue weighted by atomic mass is 79.9. The number of Topliss-reactive ketones (excluding diaryl/α,β-unsaturated/α-hetero) is 2. The van der Waals surface area contributed by atoms with Crippen LogP contribution >= 0.6 is 15.9 Å². The number of aliphatic hydroxyl groups is 2. The molecule has 4 fully saturated rings. The third-order valence-corrected chi connectivity index (χ3v) is 10.7. The summed E-state index contributed by atoms with van der Waals surface area (Å²) < 4.78 is 0.937. The van der Waals surface area contributed by atoms with E-state index >= 15 is 0 Å². The number of hydrogen-bond acceptors (Lipinski definition) is 5. The molecule has 3 N–H and O–H groups in total. The van der Waals surface area contributed by atoms with Crippen molar-refractivity contribution in [3.63, 3.8) is 0 Å². The summed E-state index contributed by atoms with van der Waals surface area (Å²) in [4.78, 5) is 26.8. The number of fused-ring (bicyclic) bond motifs is 3. The Morgan fingerprint density at radius 1 is 1.09 bits per heavy atom. The van der Waals surface area contributed by atoms with Crippen LogP contribution in [0.5, 0.6) is 0 Å². The molecule has 0 aromatic heterocycles. The standard InChI is InChI=1S/C26H34BrNO4/c1-24(2)19-12-21(30)26-18(25(19,3)11-10-20(24)29)9-8-14(22(26)31)15(23(26)32)13-28-17-7-5-4-6-16(17)27/h4-7,14-15,18-19,21-22,28,30-31H,8-13H2,1-3H3/t14-,15?,18-,19+,21+,22+,25-,26+/m0/s1. The maximum Gasteiger partial charge on any atom is 0.149 e. The van der Waals surface area contributed by atoms with Crippen molar-refractivity contribution >= 4 is 33.2 Å². The molecular formula is C26H34BrNO4. The highest BCUT2D eigenvalue weighted by molar-refractivity contribution is 9.10. The molecule has 1 unspecified atom stereocenters. The molecule has 2 bridgehead atoms. The van der Waals surface area contributed by atoms with Crippen LogP contribution in [0.3, 0.4) is 0 Å². The molecule has 8 atom stereocenters. The minimum absolute atomic E-state index is 0.0240. The predicted molar refractivity (Wildman–Crippen MR) is 126 cm³/mol. The summed E-state index contributed by atoms with van der Waals surface area (Å²) in [6, 6.07) is 7.82. The molecule has 5 nitrogen and oxygen atoms in total. The van der Waals surface area contributed by atoms with Gasteiger partial charge in [-0.2, -0.15) is 0 Å². The van der Waals surface area contributed by atoms with Gasteiger partial charge < -0.3 is 15.5 Å². The molecule has 1 spiro atoms. The summed E-state index contributed by atoms with van der Waals surface area (Å²) in [5.74, 6) is -0.249. The van der Waals surface area contributed by atoms with Crippen molar-refractivity contribution in [3.8, 4) is 0 Å². The quantitative estimate of drug-likeness (QED) is 0.574. The van der Waals surface area contributed by atoms with Crippen molar-refractivity contribution in [3.05, 3.63) is 28.7 Å². The fourth-order valence-corrected chi connectivity index (χ4v) is 8.83. The van der Waals surface area contributed by atoms with Crippen LogP contribution in [-0.4, -0.2) is 40.5 Å². The van der Waals surface area contributed by atoms with E-state index in [0.29, 0.717) is 19.4 Å². The van der Waals surface area contributed by atoms with Gasteiger partial charge in [-0.25, -0.2) is 0 Å². The van der Waals surface area contributed by atoms with Crippen LogP contribution in [-0.2, 0) is 9.59 Å². The first-order chi connectivity index (χ1) is 15.1. The molecule has 1 aromatic carbocycles. The van der Waals surface area contributed by atoms with E-state index in [9.17, 15) is 19.8 Å². The maximum absolute atomic E-state index is 14.1. The van der Waals surface area contributed by atoms with Crippen molar-refractivity contribution in [2.45, 2.75) is 65.1 Å². The first-order valence-electron chi connectivity index (χ1n) is 12.0. The Labute approximate surface area is 198 Å².